The first-order valence-electron chi connectivity index (χ1n) is 3.32. The number of allylic oxidation sites excluding steroid dienone is 1. The number of thioether (sulfide) groups is 1. The monoisotopic (exact) mass is 216 g/mol. The van der Waals surface area contributed by atoms with Crippen LogP contribution in [0.15, 0.2) is 26.1 Å². The molecule has 0 saturated carbocycles. The van der Waals surface area contributed by atoms with E-state index in [1.807, 2.05) is 6.07 Å². The number of hydrogen-bond acceptors (Lipinski definition) is 5. The number of nitrogens with zero attached hydrogens (tertiary/aromatic N) is 2. The smallest absolute Gasteiger partial charge is 0.145 e. The summed E-state index contributed by atoms with van der Waals surface area (Å²) in [6.07, 6.45) is 3.12. The predicted octanol–water partition coefficient (Wildman–Crippen LogP) is 1.60. The van der Waals surface area contributed by atoms with E-state index in [0.717, 1.165) is 5.41 Å². The number of hydrogen-bond donors (Lipinski definition) is 1. The third kappa shape index (κ3) is 2.05. The van der Waals surface area contributed by atoms with Crippen LogP contribution in [0.1, 0.15) is 0 Å². The first-order chi connectivity index (χ1) is 6.00. The predicted molar refractivity (Wildman–Crippen MR) is 53.4 cm³/mol. The molecule has 70 valence electrons. The van der Waals surface area contributed by atoms with E-state index in [2.05, 4.69) is 4.36 Å². The average Bonchev–Trinajstić information content (AvgIpc) is 2.01. The fourth-order valence-electron chi connectivity index (χ4n) is 0.857. The van der Waals surface area contributed by atoms with Crippen molar-refractivity contribution in [3.63, 3.8) is 0 Å². The van der Waals surface area contributed by atoms with Gasteiger partial charge in [0.05, 0.1) is 15.1 Å². The van der Waals surface area contributed by atoms with Gasteiger partial charge in [-0.25, -0.2) is 4.21 Å². The van der Waals surface area contributed by atoms with Crippen LogP contribution in [0, 0.1) is 11.3 Å². The molecular weight excluding hydrogens is 208 g/mol. The summed E-state index contributed by atoms with van der Waals surface area (Å²) in [7, 11) is -2.50. The molecule has 0 aliphatic carbocycles. The van der Waals surface area contributed by atoms with Crippen molar-refractivity contribution < 1.29 is 9.32 Å². The SMILES string of the molecule is CSC1=C(C#N)C(O)=CS(C)(=O)=N1. The Morgan fingerprint density at radius 3 is 2.85 bits per heavy atom. The van der Waals surface area contributed by atoms with E-state index in [-0.39, 0.29) is 11.3 Å². The maximum atomic E-state index is 11.5. The van der Waals surface area contributed by atoms with Crippen molar-refractivity contribution in [3.8, 4) is 6.07 Å². The van der Waals surface area contributed by atoms with E-state index in [1.165, 1.54) is 18.0 Å². The van der Waals surface area contributed by atoms with Gasteiger partial charge in [-0.15, -0.1) is 11.8 Å². The van der Waals surface area contributed by atoms with Gasteiger partial charge >= 0.3 is 0 Å². The van der Waals surface area contributed by atoms with E-state index >= 15 is 0 Å². The van der Waals surface area contributed by atoms with Gasteiger partial charge in [-0.2, -0.15) is 9.62 Å². The highest BCUT2D eigenvalue weighted by atomic mass is 32.2. The Bertz CT molecular complexity index is 448. The summed E-state index contributed by atoms with van der Waals surface area (Å²) >= 11 is 1.19. The van der Waals surface area contributed by atoms with Crippen LogP contribution in [0.3, 0.4) is 0 Å². The van der Waals surface area contributed by atoms with E-state index in [1.54, 1.807) is 6.26 Å². The highest BCUT2D eigenvalue weighted by molar-refractivity contribution is 8.03. The van der Waals surface area contributed by atoms with Crippen LogP contribution in [0.2, 0.25) is 0 Å². The van der Waals surface area contributed by atoms with Crippen molar-refractivity contribution in [2.45, 2.75) is 0 Å². The molecule has 1 atom stereocenters. The average molecular weight is 216 g/mol. The molecule has 0 spiro atoms. The van der Waals surface area contributed by atoms with Gasteiger partial charge in [0.25, 0.3) is 0 Å². The standard InChI is InChI=1S/C7H8N2O2S2/c1-12-7-5(3-8)6(10)4-13(2,11)9-7/h4,10H,1-2H3. The van der Waals surface area contributed by atoms with Crippen LogP contribution in [0.5, 0.6) is 0 Å². The third-order valence-corrected chi connectivity index (χ3v) is 3.37. The first-order valence-corrected chi connectivity index (χ1v) is 6.53. The molecule has 0 amide bonds. The molecule has 13 heavy (non-hydrogen) atoms. The lowest BCUT2D eigenvalue weighted by Gasteiger charge is -2.09. The minimum atomic E-state index is -2.50. The van der Waals surface area contributed by atoms with Crippen molar-refractivity contribution in [3.05, 3.63) is 21.8 Å². The zero-order chi connectivity index (χ0) is 10.1. The second-order valence-electron chi connectivity index (χ2n) is 2.45. The normalized spacial score (nSPS) is 27.6. The Balaban J connectivity index is 3.45. The van der Waals surface area contributed by atoms with Gasteiger partial charge in [-0.3, -0.25) is 0 Å². The maximum Gasteiger partial charge on any atom is 0.145 e. The zero-order valence-corrected chi connectivity index (χ0v) is 8.78. The Morgan fingerprint density at radius 2 is 2.38 bits per heavy atom. The molecular formula is C7H8N2O2S2. The molecule has 1 rings (SSSR count). The van der Waals surface area contributed by atoms with Crippen LogP contribution >= 0.6 is 11.8 Å². The molecule has 0 fully saturated rings. The van der Waals surface area contributed by atoms with Crippen molar-refractivity contribution >= 4 is 21.5 Å². The molecule has 1 aliphatic heterocycles. The van der Waals surface area contributed by atoms with Crippen molar-refractivity contribution in [1.82, 2.24) is 0 Å². The van der Waals surface area contributed by atoms with Gasteiger partial charge in [0, 0.05) is 6.26 Å². The summed E-state index contributed by atoms with van der Waals surface area (Å²) in [5, 5.41) is 19.4. The van der Waals surface area contributed by atoms with E-state index in [4.69, 9.17) is 5.26 Å². The molecule has 1 N–H and O–H groups in total. The fourth-order valence-corrected chi connectivity index (χ4v) is 2.96. The molecule has 4 nitrogen and oxygen atoms in total. The lowest BCUT2D eigenvalue weighted by Crippen LogP contribution is -2.02. The van der Waals surface area contributed by atoms with Crippen LogP contribution in [0.4, 0.5) is 0 Å². The highest BCUT2D eigenvalue weighted by Crippen LogP contribution is 2.28. The number of aliphatic hydroxyl groups excluding tert-OH is 1. The molecule has 1 aliphatic rings. The summed E-state index contributed by atoms with van der Waals surface area (Å²) in [5.74, 6) is -0.241. The van der Waals surface area contributed by atoms with Crippen LogP contribution in [-0.2, 0) is 9.73 Å². The summed E-state index contributed by atoms with van der Waals surface area (Å²) in [4.78, 5) is 0. The molecule has 0 aromatic rings. The minimum Gasteiger partial charge on any atom is -0.506 e. The lowest BCUT2D eigenvalue weighted by atomic mass is 10.3. The van der Waals surface area contributed by atoms with E-state index in [9.17, 15) is 9.32 Å². The summed E-state index contributed by atoms with van der Waals surface area (Å²) in [6, 6.07) is 1.81. The second-order valence-corrected chi connectivity index (χ2v) is 5.39. The zero-order valence-electron chi connectivity index (χ0n) is 7.14. The number of rotatable bonds is 1. The quantitative estimate of drug-likeness (QED) is 0.722. The molecule has 6 heteroatoms. The Labute approximate surface area is 81.1 Å². The number of aliphatic hydroxyl groups is 1. The largest absolute Gasteiger partial charge is 0.506 e. The summed E-state index contributed by atoms with van der Waals surface area (Å²) in [6.45, 7) is 0. The van der Waals surface area contributed by atoms with Gasteiger partial charge in [-0.05, 0) is 6.26 Å². The highest BCUT2D eigenvalue weighted by Gasteiger charge is 2.17. The van der Waals surface area contributed by atoms with Gasteiger partial charge in [0.2, 0.25) is 0 Å². The third-order valence-electron chi connectivity index (χ3n) is 1.37. The van der Waals surface area contributed by atoms with Crippen LogP contribution < -0.4 is 0 Å². The summed E-state index contributed by atoms with van der Waals surface area (Å²) < 4.78 is 15.3. The molecule has 1 unspecified atom stereocenters. The molecule has 0 bridgehead atoms. The Morgan fingerprint density at radius 1 is 1.77 bits per heavy atom. The topological polar surface area (TPSA) is 73.4 Å². The molecule has 0 aromatic heterocycles. The lowest BCUT2D eigenvalue weighted by molar-refractivity contribution is 0.427. The van der Waals surface area contributed by atoms with Crippen LogP contribution in [-0.4, -0.2) is 21.8 Å². The van der Waals surface area contributed by atoms with E-state index < -0.39 is 9.73 Å². The maximum absolute atomic E-state index is 11.5. The van der Waals surface area contributed by atoms with Crippen LogP contribution in [0.25, 0.3) is 0 Å². The Hall–Kier alpha value is -0.930. The summed E-state index contributed by atoms with van der Waals surface area (Å²) in [5.41, 5.74) is 0.0910. The molecule has 0 aromatic carbocycles. The van der Waals surface area contributed by atoms with Crippen molar-refractivity contribution in [2.24, 2.45) is 4.36 Å². The first kappa shape index (κ1) is 10.2. The molecule has 0 saturated heterocycles. The Kier molecular flexibility index (Phi) is 2.68. The van der Waals surface area contributed by atoms with Gasteiger partial charge in [0.15, 0.2) is 0 Å². The van der Waals surface area contributed by atoms with Crippen molar-refractivity contribution in [1.29, 1.82) is 5.26 Å². The van der Waals surface area contributed by atoms with Gasteiger partial charge in [0.1, 0.15) is 22.4 Å². The minimum absolute atomic E-state index is 0.0910. The van der Waals surface area contributed by atoms with E-state index in [0.29, 0.717) is 5.03 Å². The fraction of sp³-hybridized carbons (Fsp3) is 0.286. The molecule has 0 radical (unpaired) electrons. The van der Waals surface area contributed by atoms with Gasteiger partial charge in [-0.1, -0.05) is 0 Å². The number of nitriles is 1. The second kappa shape index (κ2) is 3.44. The van der Waals surface area contributed by atoms with Gasteiger partial charge < -0.3 is 5.11 Å². The molecule has 1 heterocycles. The van der Waals surface area contributed by atoms with Crippen molar-refractivity contribution in [2.75, 3.05) is 12.5 Å².